The molecule has 2 N–H and O–H groups in total. The van der Waals surface area contributed by atoms with E-state index in [9.17, 15) is 27.3 Å². The highest BCUT2D eigenvalue weighted by molar-refractivity contribution is 7.84. The van der Waals surface area contributed by atoms with E-state index in [1.807, 2.05) is 0 Å². The minimum Gasteiger partial charge on any atom is -0.395 e. The SMILES string of the molecule is C\C=C/C=C\C(=C\c1c(C)c(C(=O)Nc2ccc(S(C)=O)cc2)cn1CCO)C(F)(F)F. The van der Waals surface area contributed by atoms with Crippen molar-refractivity contribution in [1.29, 1.82) is 0 Å². The van der Waals surface area contributed by atoms with Crippen LogP contribution in [0.2, 0.25) is 0 Å². The number of amides is 1. The van der Waals surface area contributed by atoms with Gasteiger partial charge in [-0.15, -0.1) is 0 Å². The van der Waals surface area contributed by atoms with Crippen LogP contribution >= 0.6 is 0 Å². The molecule has 1 aromatic carbocycles. The average Bonchev–Trinajstić information content (AvgIpc) is 3.03. The highest BCUT2D eigenvalue weighted by Gasteiger charge is 2.32. The maximum absolute atomic E-state index is 13.5. The molecule has 0 aliphatic heterocycles. The van der Waals surface area contributed by atoms with Crippen LogP contribution in [0, 0.1) is 6.92 Å². The highest BCUT2D eigenvalue weighted by atomic mass is 32.2. The number of carbonyl (C=O) groups excluding carboxylic acids is 1. The van der Waals surface area contributed by atoms with E-state index in [0.717, 1.165) is 12.2 Å². The van der Waals surface area contributed by atoms with Crippen LogP contribution in [0.25, 0.3) is 6.08 Å². The number of anilines is 1. The van der Waals surface area contributed by atoms with E-state index in [-0.39, 0.29) is 24.4 Å². The number of rotatable bonds is 8. The van der Waals surface area contributed by atoms with Crippen LogP contribution in [0.3, 0.4) is 0 Å². The van der Waals surface area contributed by atoms with Gasteiger partial charge in [0.2, 0.25) is 0 Å². The Morgan fingerprint density at radius 1 is 1.22 bits per heavy atom. The van der Waals surface area contributed by atoms with Crippen LogP contribution < -0.4 is 5.32 Å². The second-order valence-electron chi connectivity index (χ2n) is 6.88. The molecule has 1 heterocycles. The molecule has 0 saturated heterocycles. The Hall–Kier alpha value is -2.91. The van der Waals surface area contributed by atoms with Gasteiger partial charge in [-0.05, 0) is 55.8 Å². The second-order valence-corrected chi connectivity index (χ2v) is 8.26. The summed E-state index contributed by atoms with van der Waals surface area (Å²) in [5, 5.41) is 12.0. The summed E-state index contributed by atoms with van der Waals surface area (Å²) in [6, 6.07) is 6.44. The van der Waals surface area contributed by atoms with Gasteiger partial charge in [0.25, 0.3) is 5.91 Å². The number of aromatic nitrogens is 1. The summed E-state index contributed by atoms with van der Waals surface area (Å²) in [5.74, 6) is -0.503. The lowest BCUT2D eigenvalue weighted by atomic mass is 10.1. The zero-order valence-electron chi connectivity index (χ0n) is 17.9. The molecule has 1 unspecified atom stereocenters. The Morgan fingerprint density at radius 2 is 1.88 bits per heavy atom. The normalized spacial score (nSPS) is 13.8. The maximum Gasteiger partial charge on any atom is 0.416 e. The van der Waals surface area contributed by atoms with Crippen molar-refractivity contribution in [2.75, 3.05) is 18.2 Å². The maximum atomic E-state index is 13.5. The number of carbonyl (C=O) groups is 1. The number of benzene rings is 1. The molecule has 1 aromatic heterocycles. The quantitative estimate of drug-likeness (QED) is 0.546. The first-order valence-electron chi connectivity index (χ1n) is 9.72. The number of halogens is 3. The molecule has 0 aliphatic rings. The fourth-order valence-corrected chi connectivity index (χ4v) is 3.48. The molecule has 0 bridgehead atoms. The Labute approximate surface area is 187 Å². The summed E-state index contributed by atoms with van der Waals surface area (Å²) < 4.78 is 53.5. The van der Waals surface area contributed by atoms with Crippen molar-refractivity contribution in [3.63, 3.8) is 0 Å². The highest BCUT2D eigenvalue weighted by Crippen LogP contribution is 2.30. The first kappa shape index (κ1) is 25.4. The topological polar surface area (TPSA) is 71.3 Å². The Balaban J connectivity index is 2.44. The third-order valence-corrected chi connectivity index (χ3v) is 5.55. The minimum atomic E-state index is -4.59. The molecule has 2 rings (SSSR count). The molecule has 32 heavy (non-hydrogen) atoms. The zero-order chi connectivity index (χ0) is 23.9. The van der Waals surface area contributed by atoms with E-state index in [1.54, 1.807) is 50.4 Å². The lowest BCUT2D eigenvalue weighted by Crippen LogP contribution is -2.12. The number of aliphatic hydroxyl groups excluding tert-OH is 1. The summed E-state index contributed by atoms with van der Waals surface area (Å²) in [5.41, 5.74) is 0.292. The minimum absolute atomic E-state index is 0.0285. The van der Waals surface area contributed by atoms with E-state index in [1.165, 1.54) is 22.9 Å². The fourth-order valence-electron chi connectivity index (χ4n) is 2.96. The summed E-state index contributed by atoms with van der Waals surface area (Å²) >= 11 is 0. The van der Waals surface area contributed by atoms with Gasteiger partial charge < -0.3 is 15.0 Å². The number of aliphatic hydroxyl groups is 1. The Morgan fingerprint density at radius 3 is 2.41 bits per heavy atom. The van der Waals surface area contributed by atoms with Gasteiger partial charge in [0.05, 0.1) is 17.7 Å². The molecule has 0 spiro atoms. The van der Waals surface area contributed by atoms with Crippen molar-refractivity contribution < 1.29 is 27.3 Å². The van der Waals surface area contributed by atoms with Gasteiger partial charge in [-0.3, -0.25) is 9.00 Å². The second kappa shape index (κ2) is 11.1. The van der Waals surface area contributed by atoms with Crippen LogP contribution in [0.4, 0.5) is 18.9 Å². The van der Waals surface area contributed by atoms with Crippen molar-refractivity contribution in [2.45, 2.75) is 31.5 Å². The van der Waals surface area contributed by atoms with Gasteiger partial charge in [0.1, 0.15) is 0 Å². The van der Waals surface area contributed by atoms with Crippen LogP contribution in [-0.2, 0) is 17.3 Å². The first-order valence-corrected chi connectivity index (χ1v) is 11.3. The largest absolute Gasteiger partial charge is 0.416 e. The van der Waals surface area contributed by atoms with Gasteiger partial charge in [-0.25, -0.2) is 0 Å². The van der Waals surface area contributed by atoms with Crippen LogP contribution in [0.1, 0.15) is 28.5 Å². The molecular weight excluding hydrogens is 441 g/mol. The molecule has 172 valence electrons. The Kier molecular flexibility index (Phi) is 8.80. The summed E-state index contributed by atoms with van der Waals surface area (Å²) in [4.78, 5) is 13.4. The summed E-state index contributed by atoms with van der Waals surface area (Å²) in [7, 11) is -1.16. The predicted octanol–water partition coefficient (Wildman–Crippen LogP) is 4.86. The fraction of sp³-hybridized carbons (Fsp3) is 0.261. The first-order chi connectivity index (χ1) is 15.1. The van der Waals surface area contributed by atoms with E-state index >= 15 is 0 Å². The number of hydrogen-bond donors (Lipinski definition) is 2. The molecule has 9 heteroatoms. The molecule has 1 atom stereocenters. The van der Waals surface area contributed by atoms with Gasteiger partial charge in [-0.2, -0.15) is 13.2 Å². The molecule has 0 aliphatic carbocycles. The number of hydrogen-bond acceptors (Lipinski definition) is 3. The molecule has 1 amide bonds. The number of nitrogens with one attached hydrogen (secondary N) is 1. The summed E-state index contributed by atoms with van der Waals surface area (Å²) in [6.45, 7) is 2.97. The van der Waals surface area contributed by atoms with E-state index in [4.69, 9.17) is 0 Å². The van der Waals surface area contributed by atoms with E-state index < -0.39 is 28.5 Å². The molecule has 0 fully saturated rings. The van der Waals surface area contributed by atoms with Gasteiger partial charge >= 0.3 is 6.18 Å². The lowest BCUT2D eigenvalue weighted by molar-refractivity contribution is -0.0873. The van der Waals surface area contributed by atoms with Crippen molar-refractivity contribution >= 4 is 28.5 Å². The molecular formula is C23H25F3N2O3S. The zero-order valence-corrected chi connectivity index (χ0v) is 18.8. The number of allylic oxidation sites excluding steroid dienone is 5. The van der Waals surface area contributed by atoms with Crippen molar-refractivity contribution in [3.8, 4) is 0 Å². The van der Waals surface area contributed by atoms with Gasteiger partial charge in [0, 0.05) is 46.1 Å². The van der Waals surface area contributed by atoms with Crippen molar-refractivity contribution in [2.24, 2.45) is 0 Å². The molecule has 0 radical (unpaired) electrons. The number of nitrogens with zero attached hydrogens (tertiary/aromatic N) is 1. The van der Waals surface area contributed by atoms with Gasteiger partial charge in [-0.1, -0.05) is 18.2 Å². The smallest absolute Gasteiger partial charge is 0.395 e. The van der Waals surface area contributed by atoms with Crippen LogP contribution in [0.15, 0.2) is 65.2 Å². The number of alkyl halides is 3. The standard InChI is InChI=1S/C23H25F3N2O3S/c1-4-5-6-7-17(23(24,25)26)14-21-16(2)20(15-28(21)12-13-29)22(30)27-18-8-10-19(11-9-18)32(3)31/h4-11,14-15,29H,12-13H2,1-3H3,(H,27,30)/b5-4-,7-6-,17-14-. The van der Waals surface area contributed by atoms with Gasteiger partial charge in [0.15, 0.2) is 0 Å². The monoisotopic (exact) mass is 466 g/mol. The predicted molar refractivity (Wildman–Crippen MR) is 121 cm³/mol. The van der Waals surface area contributed by atoms with Crippen LogP contribution in [0.5, 0.6) is 0 Å². The van der Waals surface area contributed by atoms with E-state index in [2.05, 4.69) is 5.32 Å². The van der Waals surface area contributed by atoms with E-state index in [0.29, 0.717) is 16.1 Å². The summed E-state index contributed by atoms with van der Waals surface area (Å²) in [6.07, 6.45) is 4.66. The third-order valence-electron chi connectivity index (χ3n) is 4.61. The van der Waals surface area contributed by atoms with Crippen molar-refractivity contribution in [1.82, 2.24) is 4.57 Å². The molecule has 2 aromatic rings. The molecule has 0 saturated carbocycles. The Bertz CT molecular complexity index is 1070. The average molecular weight is 467 g/mol. The third kappa shape index (κ3) is 6.54. The van der Waals surface area contributed by atoms with Crippen LogP contribution in [-0.4, -0.2) is 38.8 Å². The lowest BCUT2D eigenvalue weighted by Gasteiger charge is -2.10. The molecule has 5 nitrogen and oxygen atoms in total. The van der Waals surface area contributed by atoms with Crippen molar-refractivity contribution in [3.05, 3.63) is 77.2 Å².